The van der Waals surface area contributed by atoms with Crippen LogP contribution < -0.4 is 0 Å². The number of aromatic nitrogens is 2. The van der Waals surface area contributed by atoms with Gasteiger partial charge >= 0.3 is 0 Å². The number of aryl methyl sites for hydroxylation is 2. The minimum Gasteiger partial charge on any atom is -0.381 e. The van der Waals surface area contributed by atoms with E-state index in [9.17, 15) is 0 Å². The van der Waals surface area contributed by atoms with Gasteiger partial charge in [0, 0.05) is 12.5 Å². The number of hydrogen-bond donors (Lipinski definition) is 1. The average Bonchev–Trinajstić information content (AvgIpc) is 2.86. The molecule has 0 aliphatic carbocycles. The first-order chi connectivity index (χ1) is 7.74. The fourth-order valence-electron chi connectivity index (χ4n) is 2.23. The van der Waals surface area contributed by atoms with Gasteiger partial charge < -0.3 is 9.72 Å². The summed E-state index contributed by atoms with van der Waals surface area (Å²) in [6, 6.07) is 4.33. The second kappa shape index (κ2) is 3.59. The van der Waals surface area contributed by atoms with Gasteiger partial charge in [0.15, 0.2) is 0 Å². The summed E-state index contributed by atoms with van der Waals surface area (Å²) in [4.78, 5) is 8.08. The van der Waals surface area contributed by atoms with Crippen molar-refractivity contribution in [3.05, 3.63) is 29.1 Å². The van der Waals surface area contributed by atoms with E-state index in [2.05, 4.69) is 35.9 Å². The SMILES string of the molecule is Cc1cc2nc(C3CCOC3)[nH]c2cc1C. The van der Waals surface area contributed by atoms with Crippen molar-refractivity contribution in [3.63, 3.8) is 0 Å². The van der Waals surface area contributed by atoms with Crippen LogP contribution in [0.1, 0.15) is 29.3 Å². The normalized spacial score (nSPS) is 20.8. The molecule has 0 radical (unpaired) electrons. The van der Waals surface area contributed by atoms with Gasteiger partial charge in [-0.2, -0.15) is 0 Å². The van der Waals surface area contributed by atoms with E-state index in [0.29, 0.717) is 5.92 Å². The van der Waals surface area contributed by atoms with Crippen LogP contribution in [-0.4, -0.2) is 23.2 Å². The summed E-state index contributed by atoms with van der Waals surface area (Å²) in [7, 11) is 0. The van der Waals surface area contributed by atoms with Gasteiger partial charge in [-0.1, -0.05) is 0 Å². The molecule has 0 spiro atoms. The summed E-state index contributed by atoms with van der Waals surface area (Å²) in [6.07, 6.45) is 1.08. The van der Waals surface area contributed by atoms with Crippen molar-refractivity contribution in [2.24, 2.45) is 0 Å². The molecular weight excluding hydrogens is 200 g/mol. The number of nitrogens with zero attached hydrogens (tertiary/aromatic N) is 1. The van der Waals surface area contributed by atoms with Crippen LogP contribution in [0.4, 0.5) is 0 Å². The molecule has 1 aromatic heterocycles. The van der Waals surface area contributed by atoms with E-state index in [4.69, 9.17) is 4.74 Å². The molecule has 16 heavy (non-hydrogen) atoms. The Morgan fingerprint density at radius 2 is 2.12 bits per heavy atom. The molecule has 2 heterocycles. The van der Waals surface area contributed by atoms with Crippen LogP contribution in [0.5, 0.6) is 0 Å². The Kier molecular flexibility index (Phi) is 2.21. The number of nitrogens with one attached hydrogen (secondary N) is 1. The summed E-state index contributed by atoms with van der Waals surface area (Å²) >= 11 is 0. The van der Waals surface area contributed by atoms with Crippen LogP contribution in [-0.2, 0) is 4.74 Å². The summed E-state index contributed by atoms with van der Waals surface area (Å²) in [5.74, 6) is 1.53. The minimum absolute atomic E-state index is 0.452. The highest BCUT2D eigenvalue weighted by atomic mass is 16.5. The smallest absolute Gasteiger partial charge is 0.112 e. The van der Waals surface area contributed by atoms with Crippen molar-refractivity contribution < 1.29 is 4.74 Å². The Hall–Kier alpha value is -1.35. The van der Waals surface area contributed by atoms with Crippen LogP contribution in [0.15, 0.2) is 12.1 Å². The van der Waals surface area contributed by atoms with E-state index >= 15 is 0 Å². The Morgan fingerprint density at radius 3 is 2.88 bits per heavy atom. The second-order valence-electron chi connectivity index (χ2n) is 4.64. The zero-order valence-electron chi connectivity index (χ0n) is 9.71. The Bertz CT molecular complexity index is 485. The first-order valence-corrected chi connectivity index (χ1v) is 5.78. The molecule has 1 unspecified atom stereocenters. The van der Waals surface area contributed by atoms with Gasteiger partial charge in [-0.3, -0.25) is 0 Å². The minimum atomic E-state index is 0.452. The summed E-state index contributed by atoms with van der Waals surface area (Å²) < 4.78 is 5.39. The number of benzene rings is 1. The lowest BCUT2D eigenvalue weighted by Crippen LogP contribution is -1.99. The number of hydrogen-bond acceptors (Lipinski definition) is 2. The number of imidazole rings is 1. The molecule has 3 heteroatoms. The Labute approximate surface area is 94.8 Å². The van der Waals surface area contributed by atoms with Gasteiger partial charge in [-0.25, -0.2) is 4.98 Å². The van der Waals surface area contributed by atoms with Crippen LogP contribution in [0.3, 0.4) is 0 Å². The predicted molar refractivity (Wildman–Crippen MR) is 63.7 cm³/mol. The fourth-order valence-corrected chi connectivity index (χ4v) is 2.23. The lowest BCUT2D eigenvalue weighted by Gasteiger charge is -2.00. The van der Waals surface area contributed by atoms with E-state index in [1.54, 1.807) is 0 Å². The predicted octanol–water partition coefficient (Wildman–Crippen LogP) is 2.68. The van der Waals surface area contributed by atoms with E-state index in [0.717, 1.165) is 36.5 Å². The standard InChI is InChI=1S/C13H16N2O/c1-8-5-11-12(6-9(8)2)15-13(14-11)10-3-4-16-7-10/h5-6,10H,3-4,7H2,1-2H3,(H,14,15). The number of ether oxygens (including phenoxy) is 1. The van der Waals surface area contributed by atoms with Crippen LogP contribution >= 0.6 is 0 Å². The second-order valence-corrected chi connectivity index (χ2v) is 4.64. The van der Waals surface area contributed by atoms with Gasteiger partial charge in [0.1, 0.15) is 5.82 Å². The Balaban J connectivity index is 2.08. The summed E-state index contributed by atoms with van der Waals surface area (Å²) in [5, 5.41) is 0. The lowest BCUT2D eigenvalue weighted by molar-refractivity contribution is 0.193. The van der Waals surface area contributed by atoms with Crippen molar-refractivity contribution in [1.82, 2.24) is 9.97 Å². The zero-order valence-corrected chi connectivity index (χ0v) is 9.71. The molecule has 1 atom stereocenters. The van der Waals surface area contributed by atoms with Crippen LogP contribution in [0, 0.1) is 13.8 Å². The fraction of sp³-hybridized carbons (Fsp3) is 0.462. The third kappa shape index (κ3) is 1.52. The molecule has 84 valence electrons. The van der Waals surface area contributed by atoms with Crippen LogP contribution in [0.25, 0.3) is 11.0 Å². The Morgan fingerprint density at radius 1 is 1.31 bits per heavy atom. The molecule has 1 saturated heterocycles. The molecular formula is C13H16N2O. The molecule has 0 saturated carbocycles. The van der Waals surface area contributed by atoms with Crippen molar-refractivity contribution in [3.8, 4) is 0 Å². The van der Waals surface area contributed by atoms with Crippen LogP contribution in [0.2, 0.25) is 0 Å². The number of H-pyrrole nitrogens is 1. The van der Waals surface area contributed by atoms with Crippen molar-refractivity contribution >= 4 is 11.0 Å². The largest absolute Gasteiger partial charge is 0.381 e. The van der Waals surface area contributed by atoms with Gasteiger partial charge in [0.05, 0.1) is 17.6 Å². The molecule has 3 nitrogen and oxygen atoms in total. The zero-order chi connectivity index (χ0) is 11.1. The van der Waals surface area contributed by atoms with E-state index in [1.807, 2.05) is 0 Å². The molecule has 0 bridgehead atoms. The number of rotatable bonds is 1. The molecule has 1 aliphatic heterocycles. The maximum Gasteiger partial charge on any atom is 0.112 e. The number of fused-ring (bicyclic) bond motifs is 1. The van der Waals surface area contributed by atoms with E-state index in [-0.39, 0.29) is 0 Å². The number of aromatic amines is 1. The third-order valence-corrected chi connectivity index (χ3v) is 3.43. The maximum atomic E-state index is 5.39. The molecule has 2 aromatic rings. The quantitative estimate of drug-likeness (QED) is 0.795. The molecule has 1 fully saturated rings. The van der Waals surface area contributed by atoms with Gasteiger partial charge in [-0.05, 0) is 43.5 Å². The molecule has 0 amide bonds. The highest BCUT2D eigenvalue weighted by molar-refractivity contribution is 5.77. The first kappa shape index (κ1) is 9.85. The van der Waals surface area contributed by atoms with E-state index in [1.165, 1.54) is 11.1 Å². The summed E-state index contributed by atoms with van der Waals surface area (Å²) in [5.41, 5.74) is 4.83. The van der Waals surface area contributed by atoms with Crippen molar-refractivity contribution in [2.75, 3.05) is 13.2 Å². The monoisotopic (exact) mass is 216 g/mol. The van der Waals surface area contributed by atoms with Gasteiger partial charge in [-0.15, -0.1) is 0 Å². The first-order valence-electron chi connectivity index (χ1n) is 5.78. The summed E-state index contributed by atoms with van der Waals surface area (Å²) in [6.45, 7) is 5.92. The topological polar surface area (TPSA) is 37.9 Å². The molecule has 1 aromatic carbocycles. The van der Waals surface area contributed by atoms with Crippen molar-refractivity contribution in [2.45, 2.75) is 26.2 Å². The highest BCUT2D eigenvalue weighted by Gasteiger charge is 2.21. The molecule has 3 rings (SSSR count). The molecule has 1 aliphatic rings. The van der Waals surface area contributed by atoms with E-state index < -0.39 is 0 Å². The van der Waals surface area contributed by atoms with Crippen molar-refractivity contribution in [1.29, 1.82) is 0 Å². The van der Waals surface area contributed by atoms with Gasteiger partial charge in [0.2, 0.25) is 0 Å². The lowest BCUT2D eigenvalue weighted by atomic mass is 10.1. The average molecular weight is 216 g/mol. The maximum absolute atomic E-state index is 5.39. The third-order valence-electron chi connectivity index (χ3n) is 3.43. The highest BCUT2D eigenvalue weighted by Crippen LogP contribution is 2.26. The van der Waals surface area contributed by atoms with Gasteiger partial charge in [0.25, 0.3) is 0 Å². The molecule has 1 N–H and O–H groups in total.